The Hall–Kier alpha value is -1.21. The van der Waals surface area contributed by atoms with Gasteiger partial charge < -0.3 is 5.32 Å². The van der Waals surface area contributed by atoms with Crippen LogP contribution in [0.4, 0.5) is 5.69 Å². The van der Waals surface area contributed by atoms with Gasteiger partial charge in [0.05, 0.1) is 10.5 Å². The highest BCUT2D eigenvalue weighted by Crippen LogP contribution is 2.22. The maximum Gasteiger partial charge on any atom is 0.270 e. The lowest BCUT2D eigenvalue weighted by Crippen LogP contribution is -2.24. The van der Waals surface area contributed by atoms with Crippen molar-refractivity contribution in [2.24, 2.45) is 0 Å². The fourth-order valence-corrected chi connectivity index (χ4v) is 1.64. The van der Waals surface area contributed by atoms with Crippen LogP contribution in [0.15, 0.2) is 33.7 Å². The van der Waals surface area contributed by atoms with Crippen molar-refractivity contribution in [1.29, 1.82) is 0 Å². The van der Waals surface area contributed by atoms with Crippen LogP contribution < -0.4 is 5.32 Å². The monoisotopic (exact) mass is 362 g/mol. The van der Waals surface area contributed by atoms with E-state index in [1.165, 1.54) is 18.2 Å². The highest BCUT2D eigenvalue weighted by Gasteiger charge is 2.15. The van der Waals surface area contributed by atoms with Crippen LogP contribution in [-0.2, 0) is 0 Å². The van der Waals surface area contributed by atoms with Gasteiger partial charge in [-0.2, -0.15) is 0 Å². The predicted molar refractivity (Wildman–Crippen MR) is 71.2 cm³/mol. The van der Waals surface area contributed by atoms with Gasteiger partial charge in [0.2, 0.25) is 0 Å². The molecule has 1 aromatic rings. The summed E-state index contributed by atoms with van der Waals surface area (Å²) in [7, 11) is 0. The molecule has 0 saturated carbocycles. The number of halogens is 2. The molecule has 0 aliphatic rings. The number of carbonyl (C=O) groups excluding carboxylic acids is 1. The molecule has 0 radical (unpaired) electrons. The van der Waals surface area contributed by atoms with Crippen LogP contribution >= 0.6 is 31.9 Å². The van der Waals surface area contributed by atoms with Gasteiger partial charge in [-0.25, -0.2) is 0 Å². The van der Waals surface area contributed by atoms with E-state index in [9.17, 15) is 14.9 Å². The van der Waals surface area contributed by atoms with Crippen molar-refractivity contribution in [3.8, 4) is 0 Å². The van der Waals surface area contributed by atoms with Crippen molar-refractivity contribution in [3.05, 3.63) is 49.4 Å². The summed E-state index contributed by atoms with van der Waals surface area (Å²) in [6.07, 6.45) is 0. The number of non-ortho nitro benzene ring substituents is 1. The van der Waals surface area contributed by atoms with Gasteiger partial charge in [0.25, 0.3) is 11.6 Å². The number of amides is 1. The standard InChI is InChI=1S/C10H8Br2N2O3/c1-6(11)5-13-10(15)8-4-7(14(16)17)2-3-9(8)12/h2-4H,1,5H2,(H,13,15). The maximum atomic E-state index is 11.7. The van der Waals surface area contributed by atoms with Crippen molar-refractivity contribution < 1.29 is 9.72 Å². The summed E-state index contributed by atoms with van der Waals surface area (Å²) in [5.74, 6) is -0.402. The molecule has 1 rings (SSSR count). The average Bonchev–Trinajstić information content (AvgIpc) is 2.26. The van der Waals surface area contributed by atoms with Gasteiger partial charge in [0.15, 0.2) is 0 Å². The molecule has 0 aromatic heterocycles. The Morgan fingerprint density at radius 1 is 1.53 bits per heavy atom. The molecule has 1 N–H and O–H groups in total. The molecular weight excluding hydrogens is 356 g/mol. The third kappa shape index (κ3) is 3.94. The van der Waals surface area contributed by atoms with E-state index in [0.29, 0.717) is 8.96 Å². The number of rotatable bonds is 4. The molecule has 0 aliphatic heterocycles. The van der Waals surface area contributed by atoms with Gasteiger partial charge in [0, 0.05) is 27.6 Å². The molecule has 0 fully saturated rings. The Morgan fingerprint density at radius 2 is 2.18 bits per heavy atom. The van der Waals surface area contributed by atoms with Crippen LogP contribution in [0, 0.1) is 10.1 Å². The first-order chi connectivity index (χ1) is 7.91. The zero-order valence-electron chi connectivity index (χ0n) is 8.57. The second kappa shape index (κ2) is 5.92. The van der Waals surface area contributed by atoms with Crippen molar-refractivity contribution in [3.63, 3.8) is 0 Å². The van der Waals surface area contributed by atoms with Gasteiger partial charge >= 0.3 is 0 Å². The molecule has 1 amide bonds. The fourth-order valence-electron chi connectivity index (χ4n) is 1.07. The van der Waals surface area contributed by atoms with E-state index < -0.39 is 10.8 Å². The van der Waals surface area contributed by atoms with E-state index in [2.05, 4.69) is 43.8 Å². The zero-order chi connectivity index (χ0) is 13.0. The Morgan fingerprint density at radius 3 is 2.71 bits per heavy atom. The Kier molecular flexibility index (Phi) is 4.83. The zero-order valence-corrected chi connectivity index (χ0v) is 11.7. The van der Waals surface area contributed by atoms with E-state index >= 15 is 0 Å². The number of benzene rings is 1. The number of hydrogen-bond acceptors (Lipinski definition) is 3. The largest absolute Gasteiger partial charge is 0.347 e. The Balaban J connectivity index is 2.95. The van der Waals surface area contributed by atoms with E-state index in [1.54, 1.807) is 0 Å². The van der Waals surface area contributed by atoms with Crippen LogP contribution in [0.5, 0.6) is 0 Å². The van der Waals surface area contributed by atoms with Crippen LogP contribution in [0.3, 0.4) is 0 Å². The second-order valence-corrected chi connectivity index (χ2v) is 5.10. The fraction of sp³-hybridized carbons (Fsp3) is 0.100. The Labute approximate surface area is 114 Å². The SMILES string of the molecule is C=C(Br)CNC(=O)c1cc([N+](=O)[O-])ccc1Br. The minimum Gasteiger partial charge on any atom is -0.347 e. The average molecular weight is 364 g/mol. The summed E-state index contributed by atoms with van der Waals surface area (Å²) < 4.78 is 1.12. The van der Waals surface area contributed by atoms with Gasteiger partial charge in [-0.15, -0.1) is 0 Å². The molecule has 0 spiro atoms. The second-order valence-electron chi connectivity index (χ2n) is 3.12. The first-order valence-electron chi connectivity index (χ1n) is 4.47. The van der Waals surface area contributed by atoms with Gasteiger partial charge in [-0.1, -0.05) is 22.5 Å². The van der Waals surface area contributed by atoms with E-state index in [1.807, 2.05) is 0 Å². The lowest BCUT2D eigenvalue weighted by Gasteiger charge is -2.05. The molecule has 5 nitrogen and oxygen atoms in total. The highest BCUT2D eigenvalue weighted by atomic mass is 79.9. The van der Waals surface area contributed by atoms with Gasteiger partial charge in [0.1, 0.15) is 0 Å². The van der Waals surface area contributed by atoms with Crippen molar-refractivity contribution in [2.45, 2.75) is 0 Å². The Bertz CT molecular complexity index is 488. The molecule has 0 heterocycles. The van der Waals surface area contributed by atoms with Crippen molar-refractivity contribution in [2.75, 3.05) is 6.54 Å². The minimum atomic E-state index is -0.549. The molecule has 0 saturated heterocycles. The van der Waals surface area contributed by atoms with E-state index in [0.717, 1.165) is 0 Å². The third-order valence-corrected chi connectivity index (χ3v) is 2.82. The van der Waals surface area contributed by atoms with E-state index in [-0.39, 0.29) is 17.8 Å². The topological polar surface area (TPSA) is 72.2 Å². The molecule has 0 atom stereocenters. The number of carbonyl (C=O) groups is 1. The summed E-state index contributed by atoms with van der Waals surface area (Å²) >= 11 is 6.27. The predicted octanol–water partition coefficient (Wildman–Crippen LogP) is 3.00. The lowest BCUT2D eigenvalue weighted by molar-refractivity contribution is -0.384. The summed E-state index contributed by atoms with van der Waals surface area (Å²) in [5, 5.41) is 13.2. The normalized spacial score (nSPS) is 9.76. The van der Waals surface area contributed by atoms with Gasteiger partial charge in [-0.3, -0.25) is 14.9 Å². The summed E-state index contributed by atoms with van der Waals surface area (Å²) in [6, 6.07) is 4.01. The van der Waals surface area contributed by atoms with Gasteiger partial charge in [-0.05, 0) is 22.0 Å². The molecule has 90 valence electrons. The quantitative estimate of drug-likeness (QED) is 0.660. The molecule has 1 aromatic carbocycles. The molecule has 7 heteroatoms. The summed E-state index contributed by atoms with van der Waals surface area (Å²) in [5.41, 5.74) is 0.0870. The third-order valence-electron chi connectivity index (χ3n) is 1.85. The van der Waals surface area contributed by atoms with Crippen LogP contribution in [0.25, 0.3) is 0 Å². The number of nitro benzene ring substituents is 1. The van der Waals surface area contributed by atoms with Crippen molar-refractivity contribution in [1.82, 2.24) is 5.32 Å². The number of nitro groups is 1. The number of hydrogen-bond donors (Lipinski definition) is 1. The summed E-state index contributed by atoms with van der Waals surface area (Å²) in [4.78, 5) is 21.8. The van der Waals surface area contributed by atoms with Crippen LogP contribution in [0.1, 0.15) is 10.4 Å². The molecule has 17 heavy (non-hydrogen) atoms. The first-order valence-corrected chi connectivity index (χ1v) is 6.06. The molecular formula is C10H8Br2N2O3. The summed E-state index contributed by atoms with van der Waals surface area (Å²) in [6.45, 7) is 3.83. The number of nitrogens with zero attached hydrogens (tertiary/aromatic N) is 1. The van der Waals surface area contributed by atoms with Crippen LogP contribution in [0.2, 0.25) is 0 Å². The molecule has 0 bridgehead atoms. The van der Waals surface area contributed by atoms with Crippen molar-refractivity contribution >= 4 is 43.5 Å². The maximum absolute atomic E-state index is 11.7. The number of nitrogens with one attached hydrogen (secondary N) is 1. The highest BCUT2D eigenvalue weighted by molar-refractivity contribution is 9.11. The minimum absolute atomic E-state index is 0.129. The molecule has 0 aliphatic carbocycles. The lowest BCUT2D eigenvalue weighted by atomic mass is 10.2. The van der Waals surface area contributed by atoms with E-state index in [4.69, 9.17) is 0 Å². The van der Waals surface area contributed by atoms with Crippen LogP contribution in [-0.4, -0.2) is 17.4 Å². The molecule has 0 unspecified atom stereocenters. The first kappa shape index (κ1) is 13.9. The smallest absolute Gasteiger partial charge is 0.270 e.